The minimum absolute atomic E-state index is 0.213. The molecule has 0 aliphatic carbocycles. The average molecular weight is 425 g/mol. The number of nitrogen functional groups attached to an aromatic ring is 1. The summed E-state index contributed by atoms with van der Waals surface area (Å²) in [4.78, 5) is 12.9. The summed E-state index contributed by atoms with van der Waals surface area (Å²) >= 11 is 0. The number of nitrogens with two attached hydrogens (primary N) is 1. The third kappa shape index (κ3) is 4.68. The summed E-state index contributed by atoms with van der Waals surface area (Å²) in [5, 5.41) is 10.2. The van der Waals surface area contributed by atoms with Crippen molar-refractivity contribution in [3.05, 3.63) is 30.1 Å². The van der Waals surface area contributed by atoms with Crippen LogP contribution in [0, 0.1) is 0 Å². The molecule has 5 heterocycles. The Morgan fingerprint density at radius 2 is 1.94 bits per heavy atom. The van der Waals surface area contributed by atoms with Crippen LogP contribution in [0.5, 0.6) is 0 Å². The molecule has 1 unspecified atom stereocenters. The van der Waals surface area contributed by atoms with Gasteiger partial charge in [-0.2, -0.15) is 5.10 Å². The molecule has 0 saturated carbocycles. The molecule has 0 spiro atoms. The molecule has 9 heteroatoms. The number of nitrogens with one attached hydrogen (secondary N) is 2. The van der Waals surface area contributed by atoms with Crippen molar-refractivity contribution in [2.75, 3.05) is 82.8 Å². The minimum atomic E-state index is 0.213. The standard InChI is InChI=1S/C22H32N8O/c23-19-14-21(27-22(19)29-5-3-24-4-6-29)17-1-2-25-20(13-17)18-15-26-30(16-18)8-7-28-9-11-31-12-10-28/h1-2,13-15,18,24,27H,3-12,16,23H2. The number of pyridine rings is 1. The van der Waals surface area contributed by atoms with Crippen molar-refractivity contribution in [1.29, 1.82) is 0 Å². The first-order valence-corrected chi connectivity index (χ1v) is 11.3. The Bertz CT molecular complexity index is 901. The summed E-state index contributed by atoms with van der Waals surface area (Å²) < 4.78 is 5.43. The van der Waals surface area contributed by atoms with Crippen molar-refractivity contribution in [1.82, 2.24) is 25.2 Å². The smallest absolute Gasteiger partial charge is 0.130 e. The maximum absolute atomic E-state index is 6.33. The summed E-state index contributed by atoms with van der Waals surface area (Å²) in [6.45, 7) is 10.4. The van der Waals surface area contributed by atoms with Crippen LogP contribution in [-0.4, -0.2) is 98.2 Å². The third-order valence-corrected chi connectivity index (χ3v) is 6.33. The Kier molecular flexibility index (Phi) is 6.06. The molecule has 9 nitrogen and oxygen atoms in total. The van der Waals surface area contributed by atoms with Crippen LogP contribution in [0.4, 0.5) is 11.5 Å². The Morgan fingerprint density at radius 3 is 2.77 bits per heavy atom. The topological polar surface area (TPSA) is 98.0 Å². The maximum atomic E-state index is 6.33. The number of nitrogens with zero attached hydrogens (tertiary/aromatic N) is 5. The van der Waals surface area contributed by atoms with Crippen LogP contribution in [0.3, 0.4) is 0 Å². The summed E-state index contributed by atoms with van der Waals surface area (Å²) in [6.07, 6.45) is 3.91. The zero-order valence-electron chi connectivity index (χ0n) is 18.0. The van der Waals surface area contributed by atoms with Gasteiger partial charge < -0.3 is 25.7 Å². The summed E-state index contributed by atoms with van der Waals surface area (Å²) in [7, 11) is 0. The fraction of sp³-hybridized carbons (Fsp3) is 0.545. The summed E-state index contributed by atoms with van der Waals surface area (Å²) in [5.74, 6) is 1.23. The lowest BCUT2D eigenvalue weighted by molar-refractivity contribution is 0.0339. The molecule has 3 aliphatic rings. The van der Waals surface area contributed by atoms with Crippen LogP contribution >= 0.6 is 0 Å². The van der Waals surface area contributed by atoms with E-state index >= 15 is 0 Å². The fourth-order valence-corrected chi connectivity index (χ4v) is 4.48. The molecule has 2 saturated heterocycles. The summed E-state index contributed by atoms with van der Waals surface area (Å²) in [5.41, 5.74) is 10.3. The monoisotopic (exact) mass is 424 g/mol. The lowest BCUT2D eigenvalue weighted by Gasteiger charge is -2.28. The number of hydrazone groups is 1. The first-order valence-electron chi connectivity index (χ1n) is 11.3. The molecule has 0 aromatic carbocycles. The molecule has 2 aromatic rings. The van der Waals surface area contributed by atoms with Gasteiger partial charge in [0.1, 0.15) is 5.82 Å². The molecule has 0 bridgehead atoms. The van der Waals surface area contributed by atoms with Crippen LogP contribution in [0.15, 0.2) is 29.5 Å². The van der Waals surface area contributed by atoms with Gasteiger partial charge in [0.15, 0.2) is 0 Å². The molecular formula is C22H32N8O. The molecule has 0 radical (unpaired) electrons. The molecule has 5 rings (SSSR count). The van der Waals surface area contributed by atoms with E-state index in [2.05, 4.69) is 41.3 Å². The van der Waals surface area contributed by atoms with Crippen LogP contribution < -0.4 is 16.0 Å². The molecule has 3 aliphatic heterocycles. The van der Waals surface area contributed by atoms with E-state index in [1.54, 1.807) is 0 Å². The Balaban J connectivity index is 1.23. The molecule has 1 atom stereocenters. The highest BCUT2D eigenvalue weighted by Gasteiger charge is 2.22. The number of rotatable bonds is 6. The first-order chi connectivity index (χ1) is 15.3. The number of hydrogen-bond donors (Lipinski definition) is 3. The number of anilines is 2. The van der Waals surface area contributed by atoms with Gasteiger partial charge >= 0.3 is 0 Å². The van der Waals surface area contributed by atoms with E-state index in [9.17, 15) is 0 Å². The molecule has 2 aromatic heterocycles. The van der Waals surface area contributed by atoms with Crippen molar-refractivity contribution >= 4 is 17.7 Å². The predicted octanol–water partition coefficient (Wildman–Crippen LogP) is 0.786. The molecule has 0 amide bonds. The van der Waals surface area contributed by atoms with Crippen LogP contribution in [0.2, 0.25) is 0 Å². The Morgan fingerprint density at radius 1 is 1.10 bits per heavy atom. The number of H-pyrrole nitrogens is 1. The third-order valence-electron chi connectivity index (χ3n) is 6.33. The van der Waals surface area contributed by atoms with E-state index in [4.69, 9.17) is 10.5 Å². The van der Waals surface area contributed by atoms with Crippen LogP contribution in [0.1, 0.15) is 11.6 Å². The number of morpholine rings is 1. The molecule has 2 fully saturated rings. The number of hydrogen-bond acceptors (Lipinski definition) is 8. The largest absolute Gasteiger partial charge is 0.396 e. The highest BCUT2D eigenvalue weighted by molar-refractivity contribution is 5.76. The predicted molar refractivity (Wildman–Crippen MR) is 124 cm³/mol. The number of ether oxygens (including phenoxy) is 1. The van der Waals surface area contributed by atoms with Gasteiger partial charge in [0.2, 0.25) is 0 Å². The van der Waals surface area contributed by atoms with E-state index in [1.807, 2.05) is 24.5 Å². The Labute approximate surface area is 183 Å². The number of aromatic nitrogens is 2. The van der Waals surface area contributed by atoms with Gasteiger partial charge in [-0.05, 0) is 18.2 Å². The van der Waals surface area contributed by atoms with E-state index < -0.39 is 0 Å². The molecule has 31 heavy (non-hydrogen) atoms. The maximum Gasteiger partial charge on any atom is 0.130 e. The van der Waals surface area contributed by atoms with Gasteiger partial charge in [0.25, 0.3) is 0 Å². The van der Waals surface area contributed by atoms with E-state index in [0.29, 0.717) is 0 Å². The van der Waals surface area contributed by atoms with Gasteiger partial charge in [-0.15, -0.1) is 0 Å². The van der Waals surface area contributed by atoms with Gasteiger partial charge in [-0.1, -0.05) is 0 Å². The zero-order chi connectivity index (χ0) is 21.0. The van der Waals surface area contributed by atoms with Crippen LogP contribution in [0.25, 0.3) is 11.3 Å². The minimum Gasteiger partial charge on any atom is -0.396 e. The highest BCUT2D eigenvalue weighted by Crippen LogP contribution is 2.31. The quantitative estimate of drug-likeness (QED) is 0.631. The second-order valence-corrected chi connectivity index (χ2v) is 8.43. The van der Waals surface area contributed by atoms with E-state index in [1.165, 1.54) is 0 Å². The number of aromatic amines is 1. The average Bonchev–Trinajstić information content (AvgIpc) is 3.46. The van der Waals surface area contributed by atoms with Gasteiger partial charge in [-0.3, -0.25) is 14.9 Å². The lowest BCUT2D eigenvalue weighted by atomic mass is 10.0. The van der Waals surface area contributed by atoms with E-state index in [-0.39, 0.29) is 5.92 Å². The van der Waals surface area contributed by atoms with Crippen molar-refractivity contribution in [3.63, 3.8) is 0 Å². The molecule has 4 N–H and O–H groups in total. The lowest BCUT2D eigenvalue weighted by Crippen LogP contribution is -2.43. The van der Waals surface area contributed by atoms with Gasteiger partial charge in [0, 0.05) is 82.6 Å². The SMILES string of the molecule is Nc1cc(-c2ccnc(C3C=NN(CCN4CCOCC4)C3)c2)[nH]c1N1CCNCC1. The summed E-state index contributed by atoms with van der Waals surface area (Å²) in [6, 6.07) is 6.24. The Hall–Kier alpha value is -2.62. The molecular weight excluding hydrogens is 392 g/mol. The van der Waals surface area contributed by atoms with E-state index in [0.717, 1.165) is 101 Å². The second kappa shape index (κ2) is 9.25. The van der Waals surface area contributed by atoms with Crippen molar-refractivity contribution < 1.29 is 4.74 Å². The van der Waals surface area contributed by atoms with Gasteiger partial charge in [-0.25, -0.2) is 0 Å². The zero-order valence-corrected chi connectivity index (χ0v) is 18.0. The number of piperazine rings is 1. The van der Waals surface area contributed by atoms with Gasteiger partial charge in [0.05, 0.1) is 30.5 Å². The fourth-order valence-electron chi connectivity index (χ4n) is 4.48. The van der Waals surface area contributed by atoms with Crippen molar-refractivity contribution in [2.24, 2.45) is 5.10 Å². The second-order valence-electron chi connectivity index (χ2n) is 8.43. The highest BCUT2D eigenvalue weighted by atomic mass is 16.5. The van der Waals surface area contributed by atoms with Crippen molar-refractivity contribution in [3.8, 4) is 11.3 Å². The van der Waals surface area contributed by atoms with Crippen LogP contribution in [-0.2, 0) is 4.74 Å². The molecule has 166 valence electrons. The first kappa shape index (κ1) is 20.3. The normalized spacial score (nSPS) is 22.4. The van der Waals surface area contributed by atoms with Crippen molar-refractivity contribution in [2.45, 2.75) is 5.92 Å².